The van der Waals surface area contributed by atoms with Crippen molar-refractivity contribution < 1.29 is 9.53 Å². The molecule has 0 aliphatic rings. The molecule has 2 aromatic carbocycles. The summed E-state index contributed by atoms with van der Waals surface area (Å²) in [6, 6.07) is 18.1. The highest BCUT2D eigenvalue weighted by molar-refractivity contribution is 7.99. The van der Waals surface area contributed by atoms with Crippen LogP contribution in [0.5, 0.6) is 5.75 Å². The van der Waals surface area contributed by atoms with Crippen molar-refractivity contribution in [1.29, 1.82) is 0 Å². The summed E-state index contributed by atoms with van der Waals surface area (Å²) in [5.41, 5.74) is 1.18. The summed E-state index contributed by atoms with van der Waals surface area (Å²) >= 11 is 1.71. The summed E-state index contributed by atoms with van der Waals surface area (Å²) in [7, 11) is 1.66. The molecule has 0 N–H and O–H groups in total. The number of ether oxygens (including phenoxy) is 1. The van der Waals surface area contributed by atoms with Crippen LogP contribution in [0.15, 0.2) is 59.5 Å². The van der Waals surface area contributed by atoms with Gasteiger partial charge in [-0.25, -0.2) is 0 Å². The number of methoxy groups -OCH3 is 1. The largest absolute Gasteiger partial charge is 0.497 e. The lowest BCUT2D eigenvalue weighted by Crippen LogP contribution is -2.00. The van der Waals surface area contributed by atoms with E-state index in [4.69, 9.17) is 4.74 Å². The first-order valence-corrected chi connectivity index (χ1v) is 7.42. The number of Topliss-reactive ketones (excluding diaryl/α,β-unsaturated/α-hetero) is 1. The van der Waals surface area contributed by atoms with Gasteiger partial charge in [-0.15, -0.1) is 11.8 Å². The highest BCUT2D eigenvalue weighted by Crippen LogP contribution is 2.38. The Morgan fingerprint density at radius 1 is 1.10 bits per heavy atom. The van der Waals surface area contributed by atoms with Crippen LogP contribution < -0.4 is 4.74 Å². The average Bonchev–Trinajstić information content (AvgIpc) is 2.48. The zero-order chi connectivity index (χ0) is 14.4. The lowest BCUT2D eigenvalue weighted by Gasteiger charge is -2.16. The summed E-state index contributed by atoms with van der Waals surface area (Å²) < 4.78 is 5.16. The van der Waals surface area contributed by atoms with E-state index in [1.54, 1.807) is 25.8 Å². The van der Waals surface area contributed by atoms with E-state index in [2.05, 4.69) is 12.1 Å². The summed E-state index contributed by atoms with van der Waals surface area (Å²) in [6.45, 7) is 1.64. The SMILES string of the molecule is COc1ccc(SC(CC(C)=O)c2ccccc2)cc1. The molecular weight excluding hydrogens is 268 g/mol. The minimum absolute atomic E-state index is 0.155. The van der Waals surface area contributed by atoms with Gasteiger partial charge in [0.2, 0.25) is 0 Å². The first-order valence-electron chi connectivity index (χ1n) is 6.54. The van der Waals surface area contributed by atoms with E-state index in [9.17, 15) is 4.79 Å². The zero-order valence-corrected chi connectivity index (χ0v) is 12.5. The van der Waals surface area contributed by atoms with E-state index in [-0.39, 0.29) is 11.0 Å². The van der Waals surface area contributed by atoms with Gasteiger partial charge in [-0.1, -0.05) is 30.3 Å². The summed E-state index contributed by atoms with van der Waals surface area (Å²) in [4.78, 5) is 12.6. The van der Waals surface area contributed by atoms with E-state index in [0.29, 0.717) is 6.42 Å². The zero-order valence-electron chi connectivity index (χ0n) is 11.7. The van der Waals surface area contributed by atoms with E-state index >= 15 is 0 Å². The summed E-state index contributed by atoms with van der Waals surface area (Å²) in [5.74, 6) is 1.05. The van der Waals surface area contributed by atoms with Crippen molar-refractivity contribution in [3.63, 3.8) is 0 Å². The molecule has 1 atom stereocenters. The number of benzene rings is 2. The second-order valence-electron chi connectivity index (χ2n) is 4.60. The first-order chi connectivity index (χ1) is 9.69. The molecule has 0 saturated carbocycles. The van der Waals surface area contributed by atoms with E-state index in [1.807, 2.05) is 42.5 Å². The van der Waals surface area contributed by atoms with Crippen LogP contribution in [0, 0.1) is 0 Å². The van der Waals surface area contributed by atoms with Gasteiger partial charge in [-0.2, -0.15) is 0 Å². The predicted molar refractivity (Wildman–Crippen MR) is 83.3 cm³/mol. The number of rotatable bonds is 6. The molecule has 0 aliphatic heterocycles. The smallest absolute Gasteiger partial charge is 0.131 e. The molecule has 3 heteroatoms. The van der Waals surface area contributed by atoms with Gasteiger partial charge in [0, 0.05) is 16.6 Å². The number of hydrogen-bond acceptors (Lipinski definition) is 3. The van der Waals surface area contributed by atoms with Gasteiger partial charge >= 0.3 is 0 Å². The topological polar surface area (TPSA) is 26.3 Å². The van der Waals surface area contributed by atoms with Gasteiger partial charge in [0.05, 0.1) is 7.11 Å². The molecule has 2 aromatic rings. The maximum absolute atomic E-state index is 11.5. The van der Waals surface area contributed by atoms with Crippen LogP contribution in [0.2, 0.25) is 0 Å². The molecule has 0 radical (unpaired) electrons. The van der Waals surface area contributed by atoms with Crippen LogP contribution in [-0.4, -0.2) is 12.9 Å². The molecule has 0 aromatic heterocycles. The van der Waals surface area contributed by atoms with Crippen LogP contribution in [0.4, 0.5) is 0 Å². The molecule has 2 nitrogen and oxygen atoms in total. The molecule has 0 saturated heterocycles. The van der Waals surface area contributed by atoms with Crippen molar-refractivity contribution in [2.24, 2.45) is 0 Å². The van der Waals surface area contributed by atoms with Gasteiger partial charge in [-0.3, -0.25) is 4.79 Å². The standard InChI is InChI=1S/C17H18O2S/c1-13(18)12-17(14-6-4-3-5-7-14)20-16-10-8-15(19-2)9-11-16/h3-11,17H,12H2,1-2H3. The normalized spacial score (nSPS) is 11.9. The molecule has 0 amide bonds. The fourth-order valence-electron chi connectivity index (χ4n) is 1.97. The number of carbonyl (C=O) groups is 1. The third-order valence-corrected chi connectivity index (χ3v) is 4.25. The van der Waals surface area contributed by atoms with Crippen molar-refractivity contribution in [3.05, 3.63) is 60.2 Å². The van der Waals surface area contributed by atoms with E-state index in [0.717, 1.165) is 10.6 Å². The lowest BCUT2D eigenvalue weighted by molar-refractivity contribution is -0.117. The lowest BCUT2D eigenvalue weighted by atomic mass is 10.1. The second-order valence-corrected chi connectivity index (χ2v) is 5.87. The molecule has 104 valence electrons. The Kier molecular flexibility index (Phi) is 5.24. The monoisotopic (exact) mass is 286 g/mol. The molecule has 0 heterocycles. The fourth-order valence-corrected chi connectivity index (χ4v) is 3.21. The molecule has 2 rings (SSSR count). The fraction of sp³-hybridized carbons (Fsp3) is 0.235. The average molecular weight is 286 g/mol. The first kappa shape index (κ1) is 14.7. The molecule has 0 fully saturated rings. The Morgan fingerprint density at radius 2 is 1.75 bits per heavy atom. The minimum Gasteiger partial charge on any atom is -0.497 e. The maximum Gasteiger partial charge on any atom is 0.131 e. The van der Waals surface area contributed by atoms with Gasteiger partial charge in [-0.05, 0) is 36.8 Å². The molecule has 20 heavy (non-hydrogen) atoms. The Balaban J connectivity index is 2.16. The molecular formula is C17H18O2S. The maximum atomic E-state index is 11.5. The quantitative estimate of drug-likeness (QED) is 0.731. The predicted octanol–water partition coefficient (Wildman–Crippen LogP) is 4.51. The van der Waals surface area contributed by atoms with Crippen molar-refractivity contribution in [1.82, 2.24) is 0 Å². The van der Waals surface area contributed by atoms with Gasteiger partial charge < -0.3 is 4.74 Å². The number of hydrogen-bond donors (Lipinski definition) is 0. The van der Waals surface area contributed by atoms with E-state index < -0.39 is 0 Å². The number of ketones is 1. The molecule has 0 spiro atoms. The highest BCUT2D eigenvalue weighted by Gasteiger charge is 2.15. The van der Waals surface area contributed by atoms with Crippen LogP contribution in [-0.2, 0) is 4.79 Å². The minimum atomic E-state index is 0.155. The Labute approximate surface area is 124 Å². The van der Waals surface area contributed by atoms with Crippen LogP contribution >= 0.6 is 11.8 Å². The Hall–Kier alpha value is -1.74. The highest BCUT2D eigenvalue weighted by atomic mass is 32.2. The van der Waals surface area contributed by atoms with Gasteiger partial charge in [0.1, 0.15) is 11.5 Å². The molecule has 0 aliphatic carbocycles. The molecule has 0 bridgehead atoms. The summed E-state index contributed by atoms with van der Waals surface area (Å²) in [6.07, 6.45) is 0.542. The third kappa shape index (κ3) is 4.14. The van der Waals surface area contributed by atoms with E-state index in [1.165, 1.54) is 5.56 Å². The molecule has 1 unspecified atom stereocenters. The number of thioether (sulfide) groups is 1. The summed E-state index contributed by atoms with van der Waals surface area (Å²) in [5, 5.41) is 0.155. The Morgan fingerprint density at radius 3 is 2.30 bits per heavy atom. The second kappa shape index (κ2) is 7.15. The Bertz CT molecular complexity index is 549. The van der Waals surface area contributed by atoms with Gasteiger partial charge in [0.25, 0.3) is 0 Å². The van der Waals surface area contributed by atoms with Crippen LogP contribution in [0.25, 0.3) is 0 Å². The van der Waals surface area contributed by atoms with Crippen LogP contribution in [0.1, 0.15) is 24.2 Å². The number of carbonyl (C=O) groups excluding carboxylic acids is 1. The third-order valence-electron chi connectivity index (χ3n) is 2.98. The van der Waals surface area contributed by atoms with Crippen LogP contribution in [0.3, 0.4) is 0 Å². The van der Waals surface area contributed by atoms with Crippen molar-refractivity contribution in [2.75, 3.05) is 7.11 Å². The van der Waals surface area contributed by atoms with Gasteiger partial charge in [0.15, 0.2) is 0 Å². The van der Waals surface area contributed by atoms with Crippen molar-refractivity contribution >= 4 is 17.5 Å². The van der Waals surface area contributed by atoms with Crippen molar-refractivity contribution in [3.8, 4) is 5.75 Å². The van der Waals surface area contributed by atoms with Crippen molar-refractivity contribution in [2.45, 2.75) is 23.5 Å².